The number of nitrogens with one attached hydrogen (secondary N) is 2. The van der Waals surface area contributed by atoms with E-state index >= 15 is 0 Å². The lowest BCUT2D eigenvalue weighted by Crippen LogP contribution is -2.46. The Morgan fingerprint density at radius 2 is 1.74 bits per heavy atom. The number of ether oxygens (including phenoxy) is 1. The molecule has 1 atom stereocenters. The second-order valence-corrected chi connectivity index (χ2v) is 6.94. The van der Waals surface area contributed by atoms with E-state index in [-0.39, 0.29) is 11.8 Å². The van der Waals surface area contributed by atoms with Crippen LogP contribution < -0.4 is 16.4 Å². The highest BCUT2D eigenvalue weighted by Crippen LogP contribution is 2.14. The van der Waals surface area contributed by atoms with Crippen LogP contribution in [0.3, 0.4) is 0 Å². The molecule has 0 aliphatic rings. The topological polar surface area (TPSA) is 93.4 Å². The van der Waals surface area contributed by atoms with Crippen LogP contribution in [-0.4, -0.2) is 23.6 Å². The maximum Gasteiger partial charge on any atom is 0.408 e. The van der Waals surface area contributed by atoms with Crippen LogP contribution in [0.4, 0.5) is 16.2 Å². The summed E-state index contributed by atoms with van der Waals surface area (Å²) >= 11 is 0. The van der Waals surface area contributed by atoms with E-state index < -0.39 is 17.7 Å². The molecule has 0 aliphatic carbocycles. The number of hydrogen-bond acceptors (Lipinski definition) is 4. The molecule has 6 heteroatoms. The van der Waals surface area contributed by atoms with Gasteiger partial charge in [0.1, 0.15) is 11.6 Å². The number of rotatable bonds is 5. The van der Waals surface area contributed by atoms with Crippen LogP contribution in [0.5, 0.6) is 0 Å². The van der Waals surface area contributed by atoms with Crippen molar-refractivity contribution in [1.29, 1.82) is 0 Å². The molecule has 0 bridgehead atoms. The van der Waals surface area contributed by atoms with Crippen LogP contribution in [0.1, 0.15) is 41.0 Å². The molecule has 0 saturated carbocycles. The molecule has 2 amide bonds. The molecule has 1 aromatic carbocycles. The van der Waals surface area contributed by atoms with E-state index in [1.165, 1.54) is 0 Å². The van der Waals surface area contributed by atoms with E-state index in [1.54, 1.807) is 45.0 Å². The maximum atomic E-state index is 12.4. The lowest BCUT2D eigenvalue weighted by atomic mass is 10.0. The third kappa shape index (κ3) is 7.54. The van der Waals surface area contributed by atoms with Crippen molar-refractivity contribution in [2.24, 2.45) is 5.92 Å². The summed E-state index contributed by atoms with van der Waals surface area (Å²) in [5, 5.41) is 5.42. The minimum atomic E-state index is -0.664. The van der Waals surface area contributed by atoms with Crippen molar-refractivity contribution >= 4 is 23.4 Å². The number of carbonyl (C=O) groups excluding carboxylic acids is 2. The summed E-state index contributed by atoms with van der Waals surface area (Å²) in [7, 11) is 0. The van der Waals surface area contributed by atoms with Gasteiger partial charge in [0.15, 0.2) is 0 Å². The molecule has 0 spiro atoms. The molecule has 0 aliphatic heterocycles. The van der Waals surface area contributed by atoms with Gasteiger partial charge in [0, 0.05) is 11.4 Å². The van der Waals surface area contributed by atoms with E-state index in [9.17, 15) is 9.59 Å². The van der Waals surface area contributed by atoms with E-state index in [0.717, 1.165) is 0 Å². The van der Waals surface area contributed by atoms with Crippen molar-refractivity contribution in [2.75, 3.05) is 11.1 Å². The van der Waals surface area contributed by atoms with Gasteiger partial charge in [-0.05, 0) is 57.4 Å². The number of amides is 2. The molecule has 0 saturated heterocycles. The number of nitrogen functional groups attached to an aromatic ring is 1. The first-order chi connectivity index (χ1) is 10.6. The molecule has 6 nitrogen and oxygen atoms in total. The molecular formula is C17H27N3O3. The van der Waals surface area contributed by atoms with Gasteiger partial charge in [0.05, 0.1) is 0 Å². The fourth-order valence-corrected chi connectivity index (χ4v) is 1.95. The van der Waals surface area contributed by atoms with Gasteiger partial charge in [-0.3, -0.25) is 4.79 Å². The van der Waals surface area contributed by atoms with Gasteiger partial charge in [-0.25, -0.2) is 4.79 Å². The highest BCUT2D eigenvalue weighted by atomic mass is 16.6. The largest absolute Gasteiger partial charge is 0.444 e. The number of hydrogen-bond donors (Lipinski definition) is 3. The van der Waals surface area contributed by atoms with E-state index in [2.05, 4.69) is 10.6 Å². The molecule has 0 heterocycles. The zero-order valence-corrected chi connectivity index (χ0v) is 14.5. The van der Waals surface area contributed by atoms with Crippen LogP contribution in [0.2, 0.25) is 0 Å². The van der Waals surface area contributed by atoms with E-state index in [4.69, 9.17) is 10.5 Å². The molecule has 0 fully saturated rings. The normalized spacial score (nSPS) is 12.6. The maximum absolute atomic E-state index is 12.4. The Balaban J connectivity index is 2.74. The molecule has 0 radical (unpaired) electrons. The highest BCUT2D eigenvalue weighted by molar-refractivity contribution is 5.96. The monoisotopic (exact) mass is 321 g/mol. The molecule has 1 rings (SSSR count). The fourth-order valence-electron chi connectivity index (χ4n) is 1.95. The third-order valence-electron chi connectivity index (χ3n) is 2.89. The predicted octanol–water partition coefficient (Wildman–Crippen LogP) is 3.15. The minimum Gasteiger partial charge on any atom is -0.444 e. The minimum absolute atomic E-state index is 0.243. The van der Waals surface area contributed by atoms with E-state index in [0.29, 0.717) is 17.8 Å². The van der Waals surface area contributed by atoms with Crippen LogP contribution in [-0.2, 0) is 9.53 Å². The average molecular weight is 321 g/mol. The highest BCUT2D eigenvalue weighted by Gasteiger charge is 2.25. The van der Waals surface area contributed by atoms with Crippen molar-refractivity contribution in [2.45, 2.75) is 52.7 Å². The number of carbonyl (C=O) groups is 2. The Labute approximate surface area is 137 Å². The fraction of sp³-hybridized carbons (Fsp3) is 0.529. The first-order valence-corrected chi connectivity index (χ1v) is 7.73. The molecule has 0 aromatic heterocycles. The Bertz CT molecular complexity index is 533. The lowest BCUT2D eigenvalue weighted by molar-refractivity contribution is -0.118. The first-order valence-electron chi connectivity index (χ1n) is 7.73. The van der Waals surface area contributed by atoms with Gasteiger partial charge in [0.2, 0.25) is 5.91 Å². The molecular weight excluding hydrogens is 294 g/mol. The van der Waals surface area contributed by atoms with Crippen molar-refractivity contribution in [3.8, 4) is 0 Å². The van der Waals surface area contributed by atoms with Gasteiger partial charge >= 0.3 is 6.09 Å². The Morgan fingerprint density at radius 3 is 2.22 bits per heavy atom. The number of alkyl carbamates (subject to hydrolysis) is 1. The SMILES string of the molecule is CC(C)C[C@H](NC(=O)OC(C)(C)C)C(=O)Nc1ccc(N)cc1. The molecule has 1 aromatic rings. The third-order valence-corrected chi connectivity index (χ3v) is 2.89. The summed E-state index contributed by atoms with van der Waals surface area (Å²) in [5.41, 5.74) is 6.26. The zero-order chi connectivity index (χ0) is 17.6. The molecule has 0 unspecified atom stereocenters. The molecule has 4 N–H and O–H groups in total. The van der Waals surface area contributed by atoms with Gasteiger partial charge in [0.25, 0.3) is 0 Å². The summed E-state index contributed by atoms with van der Waals surface area (Å²) in [6, 6.07) is 6.17. The second-order valence-electron chi connectivity index (χ2n) is 6.94. The average Bonchev–Trinajstić information content (AvgIpc) is 2.38. The quantitative estimate of drug-likeness (QED) is 0.726. The zero-order valence-electron chi connectivity index (χ0n) is 14.5. The number of anilines is 2. The first kappa shape index (κ1) is 18.8. The van der Waals surface area contributed by atoms with Crippen LogP contribution in [0.15, 0.2) is 24.3 Å². The predicted molar refractivity (Wildman–Crippen MR) is 92.1 cm³/mol. The smallest absolute Gasteiger partial charge is 0.408 e. The summed E-state index contributed by atoms with van der Waals surface area (Å²) in [6.07, 6.45) is -0.0874. The molecule has 128 valence electrons. The summed E-state index contributed by atoms with van der Waals surface area (Å²) < 4.78 is 5.22. The number of nitrogens with two attached hydrogens (primary N) is 1. The van der Waals surface area contributed by atoms with Crippen molar-refractivity contribution in [1.82, 2.24) is 5.32 Å². The van der Waals surface area contributed by atoms with Crippen LogP contribution >= 0.6 is 0 Å². The second kappa shape index (κ2) is 7.85. The van der Waals surface area contributed by atoms with Gasteiger partial charge < -0.3 is 21.1 Å². The summed E-state index contributed by atoms with van der Waals surface area (Å²) in [5.74, 6) is -0.0403. The van der Waals surface area contributed by atoms with E-state index in [1.807, 2.05) is 13.8 Å². The lowest BCUT2D eigenvalue weighted by Gasteiger charge is -2.24. The van der Waals surface area contributed by atoms with Crippen LogP contribution in [0, 0.1) is 5.92 Å². The van der Waals surface area contributed by atoms with Gasteiger partial charge in [-0.2, -0.15) is 0 Å². The summed E-state index contributed by atoms with van der Waals surface area (Å²) in [6.45, 7) is 9.30. The number of benzene rings is 1. The van der Waals surface area contributed by atoms with Crippen molar-refractivity contribution in [3.05, 3.63) is 24.3 Å². The van der Waals surface area contributed by atoms with Gasteiger partial charge in [-0.1, -0.05) is 13.8 Å². The van der Waals surface area contributed by atoms with Gasteiger partial charge in [-0.15, -0.1) is 0 Å². The standard InChI is InChI=1S/C17H27N3O3/c1-11(2)10-14(20-16(22)23-17(3,4)5)15(21)19-13-8-6-12(18)7-9-13/h6-9,11,14H,10,18H2,1-5H3,(H,19,21)(H,20,22)/t14-/m0/s1. The Morgan fingerprint density at radius 1 is 1.17 bits per heavy atom. The Kier molecular flexibility index (Phi) is 6.42. The van der Waals surface area contributed by atoms with Crippen LogP contribution in [0.25, 0.3) is 0 Å². The van der Waals surface area contributed by atoms with Crippen molar-refractivity contribution < 1.29 is 14.3 Å². The summed E-state index contributed by atoms with van der Waals surface area (Å²) in [4.78, 5) is 24.3. The van der Waals surface area contributed by atoms with Crippen molar-refractivity contribution in [3.63, 3.8) is 0 Å². The Hall–Kier alpha value is -2.24. The molecule has 23 heavy (non-hydrogen) atoms.